The van der Waals surface area contributed by atoms with Gasteiger partial charge < -0.3 is 9.80 Å². The molecule has 0 amide bonds. The van der Waals surface area contributed by atoms with Gasteiger partial charge in [-0.25, -0.2) is 23.4 Å². The summed E-state index contributed by atoms with van der Waals surface area (Å²) in [5.74, 6) is 0.130. The van der Waals surface area contributed by atoms with Crippen LogP contribution in [0.3, 0.4) is 0 Å². The zero-order valence-electron chi connectivity index (χ0n) is 19.8. The second-order valence-corrected chi connectivity index (χ2v) is 10.1. The predicted octanol–water partition coefficient (Wildman–Crippen LogP) is 4.30. The highest BCUT2D eigenvalue weighted by Crippen LogP contribution is 2.32. The van der Waals surface area contributed by atoms with Crippen molar-refractivity contribution in [2.45, 2.75) is 23.7 Å². The quantitative estimate of drug-likeness (QED) is 0.451. The van der Waals surface area contributed by atoms with Crippen molar-refractivity contribution in [3.05, 3.63) is 65.6 Å². The number of anilines is 3. The Morgan fingerprint density at radius 3 is 2.33 bits per heavy atom. The van der Waals surface area contributed by atoms with Crippen LogP contribution < -0.4 is 14.5 Å². The highest BCUT2D eigenvalue weighted by atomic mass is 32.2. The van der Waals surface area contributed by atoms with Gasteiger partial charge in [0.05, 0.1) is 27.9 Å². The zero-order chi connectivity index (χ0) is 28.4. The summed E-state index contributed by atoms with van der Waals surface area (Å²) in [6.45, 7) is 1.19. The van der Waals surface area contributed by atoms with E-state index in [1.54, 1.807) is 9.80 Å². The molecule has 0 aliphatic carbocycles. The van der Waals surface area contributed by atoms with Gasteiger partial charge in [-0.3, -0.25) is 4.72 Å². The van der Waals surface area contributed by atoms with Gasteiger partial charge in [0.15, 0.2) is 0 Å². The molecule has 206 valence electrons. The molecule has 0 atom stereocenters. The Hall–Kier alpha value is -4.13. The van der Waals surface area contributed by atoms with Crippen molar-refractivity contribution in [3.8, 4) is 6.07 Å². The van der Waals surface area contributed by atoms with Gasteiger partial charge in [-0.2, -0.15) is 31.6 Å². The van der Waals surface area contributed by atoms with Crippen LogP contribution in [0, 0.1) is 11.3 Å². The summed E-state index contributed by atoms with van der Waals surface area (Å²) in [5, 5.41) is 9.67. The van der Waals surface area contributed by atoms with Crippen molar-refractivity contribution in [1.29, 1.82) is 5.26 Å². The third kappa shape index (κ3) is 6.48. The van der Waals surface area contributed by atoms with E-state index in [0.29, 0.717) is 25.6 Å². The summed E-state index contributed by atoms with van der Waals surface area (Å²) in [5.41, 5.74) is -2.35. The first-order chi connectivity index (χ1) is 18.3. The van der Waals surface area contributed by atoms with E-state index in [-0.39, 0.29) is 36.1 Å². The number of sulfonamides is 1. The van der Waals surface area contributed by atoms with Crippen molar-refractivity contribution in [2.75, 3.05) is 40.7 Å². The van der Waals surface area contributed by atoms with Crippen LogP contribution in [0.1, 0.15) is 23.2 Å². The lowest BCUT2D eigenvalue weighted by atomic mass is 10.2. The Kier molecular flexibility index (Phi) is 7.55. The molecule has 16 heteroatoms. The highest BCUT2D eigenvalue weighted by molar-refractivity contribution is 7.92. The number of hydrogen-bond donors (Lipinski definition) is 1. The summed E-state index contributed by atoms with van der Waals surface area (Å²) in [6, 6.07) is 7.10. The molecular formula is C23H19F6N7O2S. The van der Waals surface area contributed by atoms with E-state index in [2.05, 4.69) is 19.7 Å². The molecule has 4 rings (SSSR count). The van der Waals surface area contributed by atoms with Crippen LogP contribution in [-0.2, 0) is 22.4 Å². The summed E-state index contributed by atoms with van der Waals surface area (Å²) in [4.78, 5) is 14.4. The maximum absolute atomic E-state index is 13.0. The van der Waals surface area contributed by atoms with Crippen LogP contribution in [0.15, 0.2) is 53.7 Å². The maximum atomic E-state index is 13.0. The molecule has 1 saturated heterocycles. The number of halogens is 6. The van der Waals surface area contributed by atoms with Crippen molar-refractivity contribution in [1.82, 2.24) is 15.0 Å². The normalized spacial score (nSPS) is 15.0. The number of rotatable bonds is 5. The van der Waals surface area contributed by atoms with E-state index in [1.807, 2.05) is 6.07 Å². The average molecular weight is 572 g/mol. The molecule has 0 unspecified atom stereocenters. The van der Waals surface area contributed by atoms with Gasteiger partial charge in [-0.15, -0.1) is 0 Å². The molecule has 1 aliphatic rings. The van der Waals surface area contributed by atoms with Crippen LogP contribution in [0.25, 0.3) is 0 Å². The van der Waals surface area contributed by atoms with E-state index in [4.69, 9.17) is 0 Å². The highest BCUT2D eigenvalue weighted by Gasteiger charge is 2.34. The van der Waals surface area contributed by atoms with E-state index in [9.17, 15) is 40.0 Å². The van der Waals surface area contributed by atoms with Crippen LogP contribution in [-0.4, -0.2) is 49.5 Å². The molecular weight excluding hydrogens is 552 g/mol. The molecule has 1 aromatic carbocycles. The Bertz CT molecular complexity index is 1510. The number of aromatic nitrogens is 3. The van der Waals surface area contributed by atoms with Gasteiger partial charge in [0.1, 0.15) is 17.6 Å². The monoisotopic (exact) mass is 571 g/mol. The van der Waals surface area contributed by atoms with E-state index < -0.39 is 38.5 Å². The van der Waals surface area contributed by atoms with Crippen molar-refractivity contribution in [3.63, 3.8) is 0 Å². The molecule has 2 aromatic heterocycles. The molecule has 1 fully saturated rings. The van der Waals surface area contributed by atoms with Gasteiger partial charge in [0.25, 0.3) is 10.0 Å². The lowest BCUT2D eigenvalue weighted by molar-refractivity contribution is -0.141. The first-order valence-electron chi connectivity index (χ1n) is 11.3. The lowest BCUT2D eigenvalue weighted by Gasteiger charge is -2.24. The first-order valence-corrected chi connectivity index (χ1v) is 12.8. The second-order valence-electron chi connectivity index (χ2n) is 8.41. The predicted molar refractivity (Wildman–Crippen MR) is 127 cm³/mol. The molecule has 39 heavy (non-hydrogen) atoms. The fourth-order valence-corrected chi connectivity index (χ4v) is 4.97. The van der Waals surface area contributed by atoms with Crippen molar-refractivity contribution < 1.29 is 34.8 Å². The van der Waals surface area contributed by atoms with Crippen molar-refractivity contribution >= 4 is 27.5 Å². The van der Waals surface area contributed by atoms with E-state index >= 15 is 0 Å². The Morgan fingerprint density at radius 2 is 1.64 bits per heavy atom. The number of nitriles is 1. The fourth-order valence-electron chi connectivity index (χ4n) is 3.89. The number of benzene rings is 1. The first kappa shape index (κ1) is 27.9. The third-order valence-corrected chi connectivity index (χ3v) is 7.10. The summed E-state index contributed by atoms with van der Waals surface area (Å²) in [6.07, 6.45) is -6.73. The summed E-state index contributed by atoms with van der Waals surface area (Å²) < 4.78 is 106. The summed E-state index contributed by atoms with van der Waals surface area (Å²) in [7, 11) is -4.43. The van der Waals surface area contributed by atoms with Gasteiger partial charge in [0.2, 0.25) is 5.95 Å². The van der Waals surface area contributed by atoms with Crippen LogP contribution in [0.4, 0.5) is 43.8 Å². The molecule has 3 heterocycles. The Labute approximate surface area is 218 Å². The number of hydrogen-bond acceptors (Lipinski definition) is 8. The number of alkyl halides is 6. The van der Waals surface area contributed by atoms with Crippen LogP contribution in [0.2, 0.25) is 0 Å². The SMILES string of the molecule is N#Cc1cc(NS(=O)(=O)c2cccc(C(F)(F)F)c2)cnc1N1CCCN(c2nccc(C(F)(F)F)n2)CC1. The lowest BCUT2D eigenvalue weighted by Crippen LogP contribution is -2.32. The van der Waals surface area contributed by atoms with Gasteiger partial charge in [0, 0.05) is 32.4 Å². The molecule has 0 spiro atoms. The largest absolute Gasteiger partial charge is 0.433 e. The van der Waals surface area contributed by atoms with Crippen LogP contribution >= 0.6 is 0 Å². The number of pyridine rings is 1. The average Bonchev–Trinajstić information content (AvgIpc) is 3.14. The minimum Gasteiger partial charge on any atom is -0.354 e. The maximum Gasteiger partial charge on any atom is 0.433 e. The van der Waals surface area contributed by atoms with Crippen LogP contribution in [0.5, 0.6) is 0 Å². The molecule has 9 nitrogen and oxygen atoms in total. The third-order valence-electron chi connectivity index (χ3n) is 5.72. The topological polar surface area (TPSA) is 115 Å². The van der Waals surface area contributed by atoms with Gasteiger partial charge in [-0.1, -0.05) is 6.07 Å². The smallest absolute Gasteiger partial charge is 0.354 e. The fraction of sp³-hybridized carbons (Fsp3) is 0.304. The summed E-state index contributed by atoms with van der Waals surface area (Å²) >= 11 is 0. The molecule has 3 aromatic rings. The molecule has 1 N–H and O–H groups in total. The van der Waals surface area contributed by atoms with Gasteiger partial charge >= 0.3 is 12.4 Å². The Morgan fingerprint density at radius 1 is 0.923 bits per heavy atom. The standard InChI is InChI=1S/C23H19F6N7O2S/c24-22(25,26)16-3-1-4-18(12-16)39(37,38)34-17-11-15(13-30)20(32-14-17)35-7-2-8-36(10-9-35)21-31-6-5-19(33-21)23(27,28)29/h1,3-6,11-12,14,34H,2,7-10H2. The number of nitrogens with zero attached hydrogens (tertiary/aromatic N) is 6. The minimum absolute atomic E-state index is 0.0111. The molecule has 0 radical (unpaired) electrons. The Balaban J connectivity index is 1.51. The van der Waals surface area contributed by atoms with Gasteiger partial charge in [-0.05, 0) is 36.8 Å². The van der Waals surface area contributed by atoms with Crippen molar-refractivity contribution in [2.24, 2.45) is 0 Å². The number of nitrogens with one attached hydrogen (secondary N) is 1. The van der Waals surface area contributed by atoms with E-state index in [1.165, 1.54) is 6.07 Å². The minimum atomic E-state index is -4.74. The molecule has 0 bridgehead atoms. The zero-order valence-corrected chi connectivity index (χ0v) is 20.6. The van der Waals surface area contributed by atoms with E-state index in [0.717, 1.165) is 36.7 Å². The second kappa shape index (κ2) is 10.6. The molecule has 0 saturated carbocycles. The molecule has 1 aliphatic heterocycles.